The predicted molar refractivity (Wildman–Crippen MR) is 82.0 cm³/mol. The van der Waals surface area contributed by atoms with Crippen molar-refractivity contribution in [1.82, 2.24) is 0 Å². The molecule has 1 atom stereocenters. The number of carbonyl (C=O) groups is 1. The van der Waals surface area contributed by atoms with Gasteiger partial charge in [-0.25, -0.2) is 0 Å². The third kappa shape index (κ3) is 3.23. The van der Waals surface area contributed by atoms with Gasteiger partial charge in [-0.2, -0.15) is 0 Å². The van der Waals surface area contributed by atoms with Crippen molar-refractivity contribution in [3.05, 3.63) is 35.4 Å². The van der Waals surface area contributed by atoms with Gasteiger partial charge in [-0.05, 0) is 42.7 Å². The van der Waals surface area contributed by atoms with E-state index in [0.717, 1.165) is 32.1 Å². The highest BCUT2D eigenvalue weighted by atomic mass is 16.4. The molecule has 1 unspecified atom stereocenters. The molecular weight excluding hydrogens is 248 g/mol. The van der Waals surface area contributed by atoms with Crippen molar-refractivity contribution in [2.24, 2.45) is 5.41 Å². The van der Waals surface area contributed by atoms with Gasteiger partial charge in [0.15, 0.2) is 0 Å². The molecule has 20 heavy (non-hydrogen) atoms. The molecule has 0 bridgehead atoms. The largest absolute Gasteiger partial charge is 0.481 e. The minimum Gasteiger partial charge on any atom is -0.481 e. The lowest BCUT2D eigenvalue weighted by atomic mass is 9.70. The number of rotatable bonds is 5. The van der Waals surface area contributed by atoms with Gasteiger partial charge in [0, 0.05) is 0 Å². The number of hydrogen-bond donors (Lipinski definition) is 1. The van der Waals surface area contributed by atoms with E-state index in [1.54, 1.807) is 0 Å². The molecule has 2 nitrogen and oxygen atoms in total. The van der Waals surface area contributed by atoms with Crippen LogP contribution in [0.4, 0.5) is 0 Å². The van der Waals surface area contributed by atoms with Crippen LogP contribution < -0.4 is 0 Å². The third-order valence-corrected chi connectivity index (χ3v) is 4.97. The number of aliphatic carboxylic acids is 1. The molecule has 0 amide bonds. The number of carboxylic acids is 1. The monoisotopic (exact) mass is 274 g/mol. The minimum absolute atomic E-state index is 0.518. The first-order valence-electron chi connectivity index (χ1n) is 7.89. The average molecular weight is 274 g/mol. The Hall–Kier alpha value is -1.31. The van der Waals surface area contributed by atoms with Crippen molar-refractivity contribution in [3.8, 4) is 0 Å². The third-order valence-electron chi connectivity index (χ3n) is 4.97. The number of benzene rings is 1. The van der Waals surface area contributed by atoms with Crippen LogP contribution in [0.3, 0.4) is 0 Å². The lowest BCUT2D eigenvalue weighted by molar-refractivity contribution is -0.151. The molecule has 1 aromatic rings. The fourth-order valence-corrected chi connectivity index (χ4v) is 3.29. The lowest BCUT2D eigenvalue weighted by Gasteiger charge is -2.33. The number of hydrogen-bond acceptors (Lipinski definition) is 1. The SMILES string of the molecule is CCC(C)c1ccc(CC2(C(=O)O)CCCCC2)cc1. The summed E-state index contributed by atoms with van der Waals surface area (Å²) >= 11 is 0. The molecule has 1 aliphatic rings. The first kappa shape index (κ1) is 15.1. The van der Waals surface area contributed by atoms with Crippen LogP contribution in [0.5, 0.6) is 0 Å². The van der Waals surface area contributed by atoms with Crippen molar-refractivity contribution < 1.29 is 9.90 Å². The first-order chi connectivity index (χ1) is 9.57. The summed E-state index contributed by atoms with van der Waals surface area (Å²) in [5, 5.41) is 9.63. The van der Waals surface area contributed by atoms with Crippen LogP contribution in [-0.2, 0) is 11.2 Å². The maximum Gasteiger partial charge on any atom is 0.309 e. The topological polar surface area (TPSA) is 37.3 Å². The smallest absolute Gasteiger partial charge is 0.309 e. The van der Waals surface area contributed by atoms with E-state index in [0.29, 0.717) is 12.3 Å². The zero-order valence-electron chi connectivity index (χ0n) is 12.7. The first-order valence-corrected chi connectivity index (χ1v) is 7.89. The van der Waals surface area contributed by atoms with Crippen LogP contribution in [0.2, 0.25) is 0 Å². The van der Waals surface area contributed by atoms with Gasteiger partial charge < -0.3 is 5.11 Å². The maximum absolute atomic E-state index is 11.7. The summed E-state index contributed by atoms with van der Waals surface area (Å²) in [7, 11) is 0. The molecule has 2 rings (SSSR count). The summed E-state index contributed by atoms with van der Waals surface area (Å²) in [6.45, 7) is 4.43. The van der Waals surface area contributed by atoms with Gasteiger partial charge in [-0.15, -0.1) is 0 Å². The summed E-state index contributed by atoms with van der Waals surface area (Å²) in [4.78, 5) is 11.7. The maximum atomic E-state index is 11.7. The fourth-order valence-electron chi connectivity index (χ4n) is 3.29. The summed E-state index contributed by atoms with van der Waals surface area (Å²) in [6, 6.07) is 8.59. The molecule has 1 aliphatic carbocycles. The van der Waals surface area contributed by atoms with E-state index in [9.17, 15) is 9.90 Å². The van der Waals surface area contributed by atoms with Gasteiger partial charge >= 0.3 is 5.97 Å². The van der Waals surface area contributed by atoms with Crippen molar-refractivity contribution in [2.45, 2.75) is 64.7 Å². The Bertz CT molecular complexity index is 441. The van der Waals surface area contributed by atoms with E-state index in [1.807, 2.05) is 0 Å². The van der Waals surface area contributed by atoms with Gasteiger partial charge in [0.05, 0.1) is 5.41 Å². The minimum atomic E-state index is -0.608. The Morgan fingerprint density at radius 2 is 1.80 bits per heavy atom. The Morgan fingerprint density at radius 1 is 1.20 bits per heavy atom. The second kappa shape index (κ2) is 6.43. The average Bonchev–Trinajstić information content (AvgIpc) is 2.48. The predicted octanol–water partition coefficient (Wildman–Crippen LogP) is 4.78. The second-order valence-electron chi connectivity index (χ2n) is 6.37. The van der Waals surface area contributed by atoms with E-state index in [-0.39, 0.29) is 0 Å². The molecule has 0 radical (unpaired) electrons. The highest BCUT2D eigenvalue weighted by molar-refractivity contribution is 5.75. The Labute approximate surface area is 122 Å². The molecule has 0 saturated heterocycles. The van der Waals surface area contributed by atoms with Gasteiger partial charge in [0.2, 0.25) is 0 Å². The fraction of sp³-hybridized carbons (Fsp3) is 0.611. The number of carboxylic acid groups (broad SMARTS) is 1. The molecule has 1 saturated carbocycles. The molecule has 1 aromatic carbocycles. The second-order valence-corrected chi connectivity index (χ2v) is 6.37. The van der Waals surface area contributed by atoms with E-state index in [1.165, 1.54) is 17.5 Å². The molecule has 0 aliphatic heterocycles. The van der Waals surface area contributed by atoms with Gasteiger partial charge in [0.1, 0.15) is 0 Å². The molecule has 1 N–H and O–H groups in total. The van der Waals surface area contributed by atoms with E-state index in [4.69, 9.17) is 0 Å². The lowest BCUT2D eigenvalue weighted by Crippen LogP contribution is -2.35. The van der Waals surface area contributed by atoms with Crippen molar-refractivity contribution in [1.29, 1.82) is 0 Å². The van der Waals surface area contributed by atoms with Crippen molar-refractivity contribution in [2.75, 3.05) is 0 Å². The van der Waals surface area contributed by atoms with Gasteiger partial charge in [0.25, 0.3) is 0 Å². The highest BCUT2D eigenvalue weighted by Crippen LogP contribution is 2.39. The van der Waals surface area contributed by atoms with Crippen LogP contribution in [0.25, 0.3) is 0 Å². The molecule has 2 heteroatoms. The molecule has 110 valence electrons. The van der Waals surface area contributed by atoms with E-state index in [2.05, 4.69) is 38.1 Å². The van der Waals surface area contributed by atoms with Gasteiger partial charge in [-0.3, -0.25) is 4.79 Å². The zero-order chi connectivity index (χ0) is 14.6. The van der Waals surface area contributed by atoms with Crippen LogP contribution in [-0.4, -0.2) is 11.1 Å². The zero-order valence-corrected chi connectivity index (χ0v) is 12.7. The standard InChI is InChI=1S/C18H26O2/c1-3-14(2)16-9-7-15(8-10-16)13-18(17(19)20)11-5-4-6-12-18/h7-10,14H,3-6,11-13H2,1-2H3,(H,19,20). The Morgan fingerprint density at radius 3 is 2.30 bits per heavy atom. The normalized spacial score (nSPS) is 19.5. The quantitative estimate of drug-likeness (QED) is 0.839. The van der Waals surface area contributed by atoms with Crippen LogP contribution in [0.15, 0.2) is 24.3 Å². The molecule has 0 aromatic heterocycles. The molecule has 0 spiro atoms. The van der Waals surface area contributed by atoms with Crippen molar-refractivity contribution >= 4 is 5.97 Å². The summed E-state index contributed by atoms with van der Waals surface area (Å²) in [5.41, 5.74) is 2.00. The van der Waals surface area contributed by atoms with E-state index < -0.39 is 11.4 Å². The van der Waals surface area contributed by atoms with E-state index >= 15 is 0 Å². The van der Waals surface area contributed by atoms with Gasteiger partial charge in [-0.1, -0.05) is 57.4 Å². The summed E-state index contributed by atoms with van der Waals surface area (Å²) in [6.07, 6.45) is 6.77. The van der Waals surface area contributed by atoms with Crippen LogP contribution >= 0.6 is 0 Å². The molecule has 0 heterocycles. The molecule has 1 fully saturated rings. The summed E-state index contributed by atoms with van der Waals surface area (Å²) < 4.78 is 0. The van der Waals surface area contributed by atoms with Crippen LogP contribution in [0.1, 0.15) is 69.4 Å². The highest BCUT2D eigenvalue weighted by Gasteiger charge is 2.39. The Balaban J connectivity index is 2.13. The molecular formula is C18H26O2. The van der Waals surface area contributed by atoms with Crippen molar-refractivity contribution in [3.63, 3.8) is 0 Å². The summed E-state index contributed by atoms with van der Waals surface area (Å²) in [5.74, 6) is -0.0321. The van der Waals surface area contributed by atoms with Crippen LogP contribution in [0, 0.1) is 5.41 Å². The Kier molecular flexibility index (Phi) is 4.85.